The molecular formula is C18H15FN2O2S. The molecule has 0 radical (unpaired) electrons. The van der Waals surface area contributed by atoms with E-state index in [9.17, 15) is 9.18 Å². The maximum absolute atomic E-state index is 13.1. The van der Waals surface area contributed by atoms with E-state index < -0.39 is 11.9 Å². The summed E-state index contributed by atoms with van der Waals surface area (Å²) < 4.78 is 18.6. The second kappa shape index (κ2) is 7.23. The van der Waals surface area contributed by atoms with Crippen molar-refractivity contribution in [3.8, 4) is 17.0 Å². The lowest BCUT2D eigenvalue weighted by atomic mass is 10.2. The Bertz CT molecular complexity index is 836. The molecule has 0 fully saturated rings. The zero-order chi connectivity index (χ0) is 16.9. The van der Waals surface area contributed by atoms with Gasteiger partial charge in [0.2, 0.25) is 0 Å². The summed E-state index contributed by atoms with van der Waals surface area (Å²) >= 11 is 1.34. The number of anilines is 1. The molecular weight excluding hydrogens is 327 g/mol. The summed E-state index contributed by atoms with van der Waals surface area (Å²) in [5, 5.41) is 5.09. The van der Waals surface area contributed by atoms with Gasteiger partial charge in [0.05, 0.1) is 5.69 Å². The molecule has 2 aromatic carbocycles. The van der Waals surface area contributed by atoms with Crippen LogP contribution in [0.4, 0.5) is 9.52 Å². The molecule has 122 valence electrons. The van der Waals surface area contributed by atoms with Crippen molar-refractivity contribution in [2.45, 2.75) is 13.0 Å². The SMILES string of the molecule is C[C@@H](Oc1cccc(F)c1)C(=O)Nc1nc(-c2ccccc2)cs1. The molecule has 0 aliphatic carbocycles. The molecule has 1 N–H and O–H groups in total. The number of carbonyl (C=O) groups is 1. The monoisotopic (exact) mass is 342 g/mol. The summed E-state index contributed by atoms with van der Waals surface area (Å²) in [6.07, 6.45) is -0.768. The summed E-state index contributed by atoms with van der Waals surface area (Å²) in [6, 6.07) is 15.4. The number of rotatable bonds is 5. The van der Waals surface area contributed by atoms with E-state index in [-0.39, 0.29) is 5.91 Å². The molecule has 0 bridgehead atoms. The van der Waals surface area contributed by atoms with Crippen LogP contribution in [0.15, 0.2) is 60.0 Å². The molecule has 1 aromatic heterocycles. The summed E-state index contributed by atoms with van der Waals surface area (Å²) in [5.74, 6) is -0.442. The highest BCUT2D eigenvalue weighted by molar-refractivity contribution is 7.14. The van der Waals surface area contributed by atoms with Crippen molar-refractivity contribution in [3.63, 3.8) is 0 Å². The Morgan fingerprint density at radius 3 is 2.75 bits per heavy atom. The van der Waals surface area contributed by atoms with E-state index in [2.05, 4.69) is 10.3 Å². The number of halogens is 1. The lowest BCUT2D eigenvalue weighted by Gasteiger charge is -2.13. The van der Waals surface area contributed by atoms with Crippen LogP contribution in [0.3, 0.4) is 0 Å². The predicted molar refractivity (Wildman–Crippen MR) is 92.7 cm³/mol. The lowest BCUT2D eigenvalue weighted by molar-refractivity contribution is -0.122. The second-order valence-electron chi connectivity index (χ2n) is 5.11. The first-order valence-electron chi connectivity index (χ1n) is 7.36. The average molecular weight is 342 g/mol. The van der Waals surface area contributed by atoms with Crippen LogP contribution in [0.5, 0.6) is 5.75 Å². The van der Waals surface area contributed by atoms with Gasteiger partial charge in [-0.1, -0.05) is 36.4 Å². The summed E-state index contributed by atoms with van der Waals surface area (Å²) in [6.45, 7) is 1.60. The minimum absolute atomic E-state index is 0.307. The van der Waals surface area contributed by atoms with Crippen LogP contribution in [0.1, 0.15) is 6.92 Å². The quantitative estimate of drug-likeness (QED) is 0.750. The molecule has 0 aliphatic rings. The Hall–Kier alpha value is -2.73. The number of benzene rings is 2. The minimum Gasteiger partial charge on any atom is -0.481 e. The number of nitrogens with zero attached hydrogens (tertiary/aromatic N) is 1. The smallest absolute Gasteiger partial charge is 0.266 e. The maximum Gasteiger partial charge on any atom is 0.266 e. The van der Waals surface area contributed by atoms with Crippen molar-refractivity contribution in [2.75, 3.05) is 5.32 Å². The second-order valence-corrected chi connectivity index (χ2v) is 5.97. The van der Waals surface area contributed by atoms with E-state index in [1.54, 1.807) is 13.0 Å². The normalized spacial score (nSPS) is 11.8. The van der Waals surface area contributed by atoms with E-state index in [4.69, 9.17) is 4.74 Å². The summed E-state index contributed by atoms with van der Waals surface area (Å²) in [4.78, 5) is 16.6. The van der Waals surface area contributed by atoms with E-state index in [0.717, 1.165) is 11.3 Å². The van der Waals surface area contributed by atoms with Crippen molar-refractivity contribution < 1.29 is 13.9 Å². The Morgan fingerprint density at radius 1 is 1.21 bits per heavy atom. The van der Waals surface area contributed by atoms with Crippen LogP contribution >= 0.6 is 11.3 Å². The van der Waals surface area contributed by atoms with Gasteiger partial charge in [-0.15, -0.1) is 11.3 Å². The van der Waals surface area contributed by atoms with Gasteiger partial charge in [0.15, 0.2) is 11.2 Å². The third kappa shape index (κ3) is 3.97. The van der Waals surface area contributed by atoms with Crippen molar-refractivity contribution in [1.82, 2.24) is 4.98 Å². The van der Waals surface area contributed by atoms with Crippen molar-refractivity contribution in [3.05, 3.63) is 65.8 Å². The first-order valence-corrected chi connectivity index (χ1v) is 8.24. The molecule has 0 aliphatic heterocycles. The van der Waals surface area contributed by atoms with Crippen LogP contribution in [-0.2, 0) is 4.79 Å². The number of aromatic nitrogens is 1. The standard InChI is InChI=1S/C18H15FN2O2S/c1-12(23-15-9-5-8-14(19)10-15)17(22)21-18-20-16(11-24-18)13-6-3-2-4-7-13/h2-12H,1H3,(H,20,21,22)/t12-/m1/s1. The Balaban J connectivity index is 1.63. The van der Waals surface area contributed by atoms with Gasteiger partial charge in [-0.2, -0.15) is 0 Å². The van der Waals surface area contributed by atoms with Crippen molar-refractivity contribution in [1.29, 1.82) is 0 Å². The zero-order valence-corrected chi connectivity index (χ0v) is 13.7. The largest absolute Gasteiger partial charge is 0.481 e. The van der Waals surface area contributed by atoms with E-state index in [1.165, 1.54) is 29.5 Å². The third-order valence-electron chi connectivity index (χ3n) is 3.28. The zero-order valence-electron chi connectivity index (χ0n) is 12.9. The van der Waals surface area contributed by atoms with E-state index in [0.29, 0.717) is 10.9 Å². The topological polar surface area (TPSA) is 51.2 Å². The molecule has 1 heterocycles. The number of ether oxygens (including phenoxy) is 1. The average Bonchev–Trinajstić information content (AvgIpc) is 3.04. The lowest BCUT2D eigenvalue weighted by Crippen LogP contribution is -2.30. The number of thiazole rings is 1. The molecule has 0 unspecified atom stereocenters. The highest BCUT2D eigenvalue weighted by Crippen LogP contribution is 2.24. The third-order valence-corrected chi connectivity index (χ3v) is 4.04. The minimum atomic E-state index is -0.768. The molecule has 0 saturated heterocycles. The van der Waals surface area contributed by atoms with Gasteiger partial charge in [-0.25, -0.2) is 9.37 Å². The number of nitrogens with one attached hydrogen (secondary N) is 1. The number of hydrogen-bond donors (Lipinski definition) is 1. The summed E-state index contributed by atoms with van der Waals surface area (Å²) in [5.41, 5.74) is 1.79. The highest BCUT2D eigenvalue weighted by atomic mass is 32.1. The fourth-order valence-corrected chi connectivity index (χ4v) is 2.80. The van der Waals surface area contributed by atoms with Gasteiger partial charge in [0, 0.05) is 17.0 Å². The summed E-state index contributed by atoms with van der Waals surface area (Å²) in [7, 11) is 0. The molecule has 3 aromatic rings. The maximum atomic E-state index is 13.1. The van der Waals surface area contributed by atoms with Crippen LogP contribution in [0.2, 0.25) is 0 Å². The molecule has 4 nitrogen and oxygen atoms in total. The van der Waals surface area contributed by atoms with Gasteiger partial charge in [0.1, 0.15) is 11.6 Å². The van der Waals surface area contributed by atoms with Gasteiger partial charge >= 0.3 is 0 Å². The van der Waals surface area contributed by atoms with Gasteiger partial charge in [-0.3, -0.25) is 10.1 Å². The van der Waals surface area contributed by atoms with Gasteiger partial charge in [-0.05, 0) is 19.1 Å². The van der Waals surface area contributed by atoms with E-state index >= 15 is 0 Å². The van der Waals surface area contributed by atoms with E-state index in [1.807, 2.05) is 35.7 Å². The molecule has 3 rings (SSSR count). The molecule has 24 heavy (non-hydrogen) atoms. The number of hydrogen-bond acceptors (Lipinski definition) is 4. The van der Waals surface area contributed by atoms with Gasteiger partial charge < -0.3 is 4.74 Å². The van der Waals surface area contributed by atoms with Crippen LogP contribution in [0.25, 0.3) is 11.3 Å². The predicted octanol–water partition coefficient (Wildman–Crippen LogP) is 4.36. The number of carbonyl (C=O) groups excluding carboxylic acids is 1. The molecule has 0 spiro atoms. The van der Waals surface area contributed by atoms with Crippen LogP contribution in [-0.4, -0.2) is 17.0 Å². The van der Waals surface area contributed by atoms with Crippen molar-refractivity contribution in [2.24, 2.45) is 0 Å². The molecule has 6 heteroatoms. The van der Waals surface area contributed by atoms with Crippen LogP contribution < -0.4 is 10.1 Å². The Kier molecular flexibility index (Phi) is 4.86. The number of amides is 1. The molecule has 1 amide bonds. The fraction of sp³-hybridized carbons (Fsp3) is 0.111. The molecule has 1 atom stereocenters. The Morgan fingerprint density at radius 2 is 2.00 bits per heavy atom. The Labute approximate surface area is 142 Å². The van der Waals surface area contributed by atoms with Crippen LogP contribution in [0, 0.1) is 5.82 Å². The van der Waals surface area contributed by atoms with Gasteiger partial charge in [0.25, 0.3) is 5.91 Å². The first kappa shape index (κ1) is 16.1. The molecule has 0 saturated carbocycles. The first-order chi connectivity index (χ1) is 11.6. The highest BCUT2D eigenvalue weighted by Gasteiger charge is 2.17. The van der Waals surface area contributed by atoms with Crippen molar-refractivity contribution >= 4 is 22.4 Å². The fourth-order valence-electron chi connectivity index (χ4n) is 2.08.